The van der Waals surface area contributed by atoms with E-state index in [0.29, 0.717) is 12.2 Å². The minimum Gasteiger partial charge on any atom is -0.349 e. The maximum Gasteiger partial charge on any atom is 0.271 e. The van der Waals surface area contributed by atoms with Gasteiger partial charge in [-0.2, -0.15) is 5.10 Å². The van der Waals surface area contributed by atoms with Gasteiger partial charge >= 0.3 is 0 Å². The molecule has 17 heavy (non-hydrogen) atoms. The maximum atomic E-state index is 11.8. The highest BCUT2D eigenvalue weighted by Crippen LogP contribution is 2.13. The number of likely N-dealkylation sites (N-methyl/N-ethyl adjacent to an activating group) is 1. The third kappa shape index (κ3) is 2.80. The Bertz CT molecular complexity index is 498. The number of rotatable bonds is 4. The first kappa shape index (κ1) is 12.0. The Labute approximate surface area is 103 Å². The second-order valence-corrected chi connectivity index (χ2v) is 5.19. The van der Waals surface area contributed by atoms with Crippen molar-refractivity contribution < 1.29 is 4.79 Å². The molecule has 0 radical (unpaired) electrons. The summed E-state index contributed by atoms with van der Waals surface area (Å²) in [4.78, 5) is 18.7. The summed E-state index contributed by atoms with van der Waals surface area (Å²) >= 11 is 1.47. The predicted molar refractivity (Wildman–Crippen MR) is 66.5 cm³/mol. The molecule has 0 aliphatic heterocycles. The molecule has 92 valence electrons. The molecule has 2 heterocycles. The van der Waals surface area contributed by atoms with Crippen LogP contribution in [-0.4, -0.2) is 52.6 Å². The Balaban J connectivity index is 2.01. The third-order valence-corrected chi connectivity index (χ3v) is 3.06. The van der Waals surface area contributed by atoms with Crippen molar-refractivity contribution in [3.8, 4) is 0 Å². The Morgan fingerprint density at radius 2 is 2.35 bits per heavy atom. The van der Waals surface area contributed by atoms with Gasteiger partial charge in [-0.1, -0.05) is 11.3 Å². The molecule has 0 aromatic carbocycles. The van der Waals surface area contributed by atoms with Crippen LogP contribution in [0.4, 0.5) is 0 Å². The van der Waals surface area contributed by atoms with E-state index in [1.807, 2.05) is 25.9 Å². The van der Waals surface area contributed by atoms with Gasteiger partial charge < -0.3 is 10.2 Å². The van der Waals surface area contributed by atoms with Crippen LogP contribution >= 0.6 is 11.3 Å². The van der Waals surface area contributed by atoms with Crippen molar-refractivity contribution in [1.29, 1.82) is 0 Å². The van der Waals surface area contributed by atoms with Gasteiger partial charge in [0.2, 0.25) is 4.96 Å². The standard InChI is InChI=1S/C10H15N5OS/c1-7-13-15-6-8(12-10(15)17-7)9(16)11-4-5-14(2)3/h6H,4-5H2,1-3H3,(H,11,16). The molecular formula is C10H15N5OS. The number of carbonyl (C=O) groups excluding carboxylic acids is 1. The van der Waals surface area contributed by atoms with Crippen LogP contribution in [0.15, 0.2) is 6.20 Å². The van der Waals surface area contributed by atoms with Crippen molar-refractivity contribution in [1.82, 2.24) is 24.8 Å². The normalized spacial score (nSPS) is 11.3. The van der Waals surface area contributed by atoms with Crippen molar-refractivity contribution in [2.24, 2.45) is 0 Å². The summed E-state index contributed by atoms with van der Waals surface area (Å²) < 4.78 is 1.64. The molecule has 0 fully saturated rings. The molecule has 7 heteroatoms. The molecule has 0 aliphatic carbocycles. The summed E-state index contributed by atoms with van der Waals surface area (Å²) in [5, 5.41) is 7.96. The fraction of sp³-hybridized carbons (Fsp3) is 0.500. The minimum atomic E-state index is -0.151. The van der Waals surface area contributed by atoms with Crippen LogP contribution < -0.4 is 5.32 Å². The number of imidazole rings is 1. The van der Waals surface area contributed by atoms with Gasteiger partial charge in [0.15, 0.2) is 0 Å². The summed E-state index contributed by atoms with van der Waals surface area (Å²) in [7, 11) is 3.93. The van der Waals surface area contributed by atoms with Crippen LogP contribution in [0.1, 0.15) is 15.5 Å². The Kier molecular flexibility index (Phi) is 3.39. The van der Waals surface area contributed by atoms with E-state index < -0.39 is 0 Å². The molecular weight excluding hydrogens is 238 g/mol. The van der Waals surface area contributed by atoms with Gasteiger partial charge in [0.05, 0.1) is 6.20 Å². The van der Waals surface area contributed by atoms with E-state index in [0.717, 1.165) is 16.5 Å². The summed E-state index contributed by atoms with van der Waals surface area (Å²) in [6, 6.07) is 0. The molecule has 0 saturated heterocycles. The highest BCUT2D eigenvalue weighted by molar-refractivity contribution is 7.16. The molecule has 0 saturated carbocycles. The van der Waals surface area contributed by atoms with Crippen LogP contribution in [0.3, 0.4) is 0 Å². The van der Waals surface area contributed by atoms with E-state index in [4.69, 9.17) is 0 Å². The van der Waals surface area contributed by atoms with Gasteiger partial charge in [-0.05, 0) is 21.0 Å². The molecule has 1 amide bonds. The van der Waals surface area contributed by atoms with E-state index in [-0.39, 0.29) is 5.91 Å². The van der Waals surface area contributed by atoms with Crippen molar-refractivity contribution >= 4 is 22.2 Å². The Morgan fingerprint density at radius 3 is 3.00 bits per heavy atom. The van der Waals surface area contributed by atoms with Gasteiger partial charge in [0, 0.05) is 13.1 Å². The van der Waals surface area contributed by atoms with Gasteiger partial charge in [0.1, 0.15) is 10.7 Å². The topological polar surface area (TPSA) is 62.5 Å². The van der Waals surface area contributed by atoms with Gasteiger partial charge in [-0.15, -0.1) is 0 Å². The number of nitrogens with zero attached hydrogens (tertiary/aromatic N) is 4. The molecule has 2 aromatic heterocycles. The average Bonchev–Trinajstić information content (AvgIpc) is 2.73. The molecule has 0 atom stereocenters. The zero-order valence-corrected chi connectivity index (χ0v) is 10.9. The molecule has 6 nitrogen and oxygen atoms in total. The smallest absolute Gasteiger partial charge is 0.271 e. The predicted octanol–water partition coefficient (Wildman–Crippen LogP) is 0.391. The number of amides is 1. The first-order chi connectivity index (χ1) is 8.06. The van der Waals surface area contributed by atoms with Crippen LogP contribution in [0, 0.1) is 6.92 Å². The van der Waals surface area contributed by atoms with Crippen LogP contribution in [0.25, 0.3) is 4.96 Å². The number of aryl methyl sites for hydroxylation is 1. The lowest BCUT2D eigenvalue weighted by Gasteiger charge is -2.09. The van der Waals surface area contributed by atoms with Crippen molar-refractivity contribution in [2.45, 2.75) is 6.92 Å². The monoisotopic (exact) mass is 253 g/mol. The highest BCUT2D eigenvalue weighted by Gasteiger charge is 2.12. The van der Waals surface area contributed by atoms with E-state index in [1.165, 1.54) is 11.3 Å². The van der Waals surface area contributed by atoms with Crippen molar-refractivity contribution in [2.75, 3.05) is 27.2 Å². The number of fused-ring (bicyclic) bond motifs is 1. The first-order valence-corrected chi connectivity index (χ1v) is 6.13. The van der Waals surface area contributed by atoms with Gasteiger partial charge in [-0.25, -0.2) is 9.50 Å². The second kappa shape index (κ2) is 4.80. The van der Waals surface area contributed by atoms with Crippen molar-refractivity contribution in [3.63, 3.8) is 0 Å². The van der Waals surface area contributed by atoms with Crippen LogP contribution in [0.5, 0.6) is 0 Å². The van der Waals surface area contributed by atoms with E-state index >= 15 is 0 Å². The fourth-order valence-corrected chi connectivity index (χ4v) is 2.12. The number of carbonyl (C=O) groups is 1. The second-order valence-electron chi connectivity index (χ2n) is 4.03. The zero-order valence-electron chi connectivity index (χ0n) is 10.1. The summed E-state index contributed by atoms with van der Waals surface area (Å²) in [5.74, 6) is -0.151. The lowest BCUT2D eigenvalue weighted by molar-refractivity contribution is 0.0946. The summed E-state index contributed by atoms with van der Waals surface area (Å²) in [6.07, 6.45) is 1.66. The quantitative estimate of drug-likeness (QED) is 0.856. The third-order valence-electron chi connectivity index (χ3n) is 2.22. The maximum absolute atomic E-state index is 11.8. The molecule has 0 aliphatic rings. The lowest BCUT2D eigenvalue weighted by atomic mass is 10.4. The number of hydrogen-bond acceptors (Lipinski definition) is 5. The molecule has 0 bridgehead atoms. The summed E-state index contributed by atoms with van der Waals surface area (Å²) in [5.41, 5.74) is 0.419. The zero-order chi connectivity index (χ0) is 12.4. The minimum absolute atomic E-state index is 0.151. The lowest BCUT2D eigenvalue weighted by Crippen LogP contribution is -2.31. The Hall–Kier alpha value is -1.47. The van der Waals surface area contributed by atoms with E-state index in [1.54, 1.807) is 10.7 Å². The fourth-order valence-electron chi connectivity index (χ4n) is 1.39. The van der Waals surface area contributed by atoms with Crippen LogP contribution in [-0.2, 0) is 0 Å². The molecule has 2 aromatic rings. The van der Waals surface area contributed by atoms with Gasteiger partial charge in [0.25, 0.3) is 5.91 Å². The molecule has 1 N–H and O–H groups in total. The number of nitrogens with one attached hydrogen (secondary N) is 1. The number of hydrogen-bond donors (Lipinski definition) is 1. The largest absolute Gasteiger partial charge is 0.349 e. The number of aromatic nitrogens is 3. The highest BCUT2D eigenvalue weighted by atomic mass is 32.1. The van der Waals surface area contributed by atoms with Crippen molar-refractivity contribution in [3.05, 3.63) is 16.9 Å². The molecule has 0 unspecified atom stereocenters. The van der Waals surface area contributed by atoms with Crippen LogP contribution in [0.2, 0.25) is 0 Å². The average molecular weight is 253 g/mol. The summed E-state index contributed by atoms with van der Waals surface area (Å²) in [6.45, 7) is 3.34. The molecule has 0 spiro atoms. The van der Waals surface area contributed by atoms with E-state index in [2.05, 4.69) is 15.4 Å². The SMILES string of the molecule is Cc1nn2cc(C(=O)NCCN(C)C)nc2s1. The van der Waals surface area contributed by atoms with Gasteiger partial charge in [-0.3, -0.25) is 4.79 Å². The van der Waals surface area contributed by atoms with E-state index in [9.17, 15) is 4.79 Å². The molecule has 2 rings (SSSR count). The Morgan fingerprint density at radius 1 is 1.59 bits per heavy atom. The first-order valence-electron chi connectivity index (χ1n) is 5.32.